The van der Waals surface area contributed by atoms with Gasteiger partial charge < -0.3 is 10.1 Å². The molecule has 0 saturated heterocycles. The van der Waals surface area contributed by atoms with Crippen LogP contribution in [0.3, 0.4) is 0 Å². The summed E-state index contributed by atoms with van der Waals surface area (Å²) in [6, 6.07) is 1.59. The lowest BCUT2D eigenvalue weighted by atomic mass is 10.3. The molecule has 0 bridgehead atoms. The van der Waals surface area contributed by atoms with Gasteiger partial charge in [-0.1, -0.05) is 0 Å². The highest BCUT2D eigenvalue weighted by Gasteiger charge is 2.18. The first kappa shape index (κ1) is 15.2. The minimum absolute atomic E-state index is 0.134. The smallest absolute Gasteiger partial charge is 0.250 e. The summed E-state index contributed by atoms with van der Waals surface area (Å²) in [5.41, 5.74) is 0.800. The fourth-order valence-corrected chi connectivity index (χ4v) is 4.31. The van der Waals surface area contributed by atoms with Crippen LogP contribution in [0.4, 0.5) is 0 Å². The Morgan fingerprint density at radius 2 is 2.30 bits per heavy atom. The minimum Gasteiger partial charge on any atom is -0.391 e. The van der Waals surface area contributed by atoms with Gasteiger partial charge >= 0.3 is 0 Å². The highest BCUT2D eigenvalue weighted by molar-refractivity contribution is 7.91. The zero-order valence-electron chi connectivity index (χ0n) is 11.1. The first-order valence-corrected chi connectivity index (χ1v) is 8.51. The van der Waals surface area contributed by atoms with Gasteiger partial charge in [-0.05, 0) is 25.0 Å². The molecule has 110 valence electrons. The Kier molecular flexibility index (Phi) is 4.92. The van der Waals surface area contributed by atoms with E-state index in [4.69, 9.17) is 5.11 Å². The Balaban J connectivity index is 1.90. The van der Waals surface area contributed by atoms with E-state index >= 15 is 0 Å². The van der Waals surface area contributed by atoms with Gasteiger partial charge in [-0.3, -0.25) is 0 Å². The second-order valence-electron chi connectivity index (χ2n) is 4.37. The van der Waals surface area contributed by atoms with E-state index in [9.17, 15) is 8.42 Å². The number of nitrogens with zero attached hydrogens (tertiary/aromatic N) is 1. The van der Waals surface area contributed by atoms with Crippen molar-refractivity contribution in [2.75, 3.05) is 6.54 Å². The van der Waals surface area contributed by atoms with Crippen LogP contribution >= 0.6 is 11.3 Å². The maximum absolute atomic E-state index is 12.1. The number of hydrogen-bond acceptors (Lipinski definition) is 5. The molecule has 20 heavy (non-hydrogen) atoms. The molecule has 0 radical (unpaired) electrons. The SMILES string of the molecule is Cc1cc(S(=O)(=O)NCCCc2ncc[nH]2)sc1CO. The summed E-state index contributed by atoms with van der Waals surface area (Å²) in [4.78, 5) is 7.73. The summed E-state index contributed by atoms with van der Waals surface area (Å²) in [5.74, 6) is 0.846. The van der Waals surface area contributed by atoms with Crippen molar-refractivity contribution >= 4 is 21.4 Å². The minimum atomic E-state index is -3.49. The van der Waals surface area contributed by atoms with E-state index in [0.717, 1.165) is 22.7 Å². The van der Waals surface area contributed by atoms with Crippen molar-refractivity contribution < 1.29 is 13.5 Å². The first-order valence-electron chi connectivity index (χ1n) is 6.21. The second-order valence-corrected chi connectivity index (χ2v) is 7.50. The molecular weight excluding hydrogens is 298 g/mol. The molecule has 0 spiro atoms. The number of aromatic nitrogens is 2. The molecule has 0 unspecified atom stereocenters. The third kappa shape index (κ3) is 3.66. The number of H-pyrrole nitrogens is 1. The first-order chi connectivity index (χ1) is 9.53. The van der Waals surface area contributed by atoms with Gasteiger partial charge in [0.1, 0.15) is 10.0 Å². The van der Waals surface area contributed by atoms with E-state index in [-0.39, 0.29) is 10.8 Å². The van der Waals surface area contributed by atoms with Crippen molar-refractivity contribution in [3.63, 3.8) is 0 Å². The Morgan fingerprint density at radius 1 is 1.50 bits per heavy atom. The number of imidazole rings is 1. The number of aliphatic hydroxyl groups excluding tert-OH is 1. The molecular formula is C12H17N3O3S2. The van der Waals surface area contributed by atoms with Crippen LogP contribution in [-0.4, -0.2) is 30.0 Å². The van der Waals surface area contributed by atoms with Crippen LogP contribution in [-0.2, 0) is 23.1 Å². The topological polar surface area (TPSA) is 95.1 Å². The number of nitrogens with one attached hydrogen (secondary N) is 2. The molecule has 2 heterocycles. The van der Waals surface area contributed by atoms with Crippen LogP contribution < -0.4 is 4.72 Å². The standard InChI is InChI=1S/C12H17N3O3S2/c1-9-7-12(19-10(9)8-16)20(17,18)15-4-2-3-11-13-5-6-14-11/h5-7,15-16H,2-4,8H2,1H3,(H,13,14). The molecule has 0 atom stereocenters. The summed E-state index contributed by atoms with van der Waals surface area (Å²) in [7, 11) is -3.49. The normalized spacial score (nSPS) is 11.9. The number of rotatable bonds is 7. The van der Waals surface area contributed by atoms with Crippen molar-refractivity contribution in [1.82, 2.24) is 14.7 Å². The van der Waals surface area contributed by atoms with Crippen molar-refractivity contribution in [1.29, 1.82) is 0 Å². The Morgan fingerprint density at radius 3 is 2.90 bits per heavy atom. The monoisotopic (exact) mass is 315 g/mol. The van der Waals surface area contributed by atoms with Gasteiger partial charge in [0, 0.05) is 30.2 Å². The van der Waals surface area contributed by atoms with Crippen LogP contribution in [0.2, 0.25) is 0 Å². The van der Waals surface area contributed by atoms with Gasteiger partial charge in [0.05, 0.1) is 6.61 Å². The Bertz CT molecular complexity index is 648. The molecule has 2 aromatic rings. The lowest BCUT2D eigenvalue weighted by Crippen LogP contribution is -2.24. The van der Waals surface area contributed by atoms with Crippen molar-refractivity contribution in [2.45, 2.75) is 30.6 Å². The van der Waals surface area contributed by atoms with E-state index in [1.807, 2.05) is 0 Å². The molecule has 8 heteroatoms. The number of hydrogen-bond donors (Lipinski definition) is 3. The summed E-state index contributed by atoms with van der Waals surface area (Å²) in [5, 5.41) is 9.10. The fourth-order valence-electron chi connectivity index (χ4n) is 1.75. The predicted molar refractivity (Wildman–Crippen MR) is 77.1 cm³/mol. The molecule has 2 rings (SSSR count). The Hall–Kier alpha value is -1.22. The molecule has 2 aromatic heterocycles. The fraction of sp³-hybridized carbons (Fsp3) is 0.417. The van der Waals surface area contributed by atoms with E-state index in [1.165, 1.54) is 0 Å². The Labute approximate surface area is 121 Å². The van der Waals surface area contributed by atoms with Gasteiger partial charge in [-0.2, -0.15) is 0 Å². The van der Waals surface area contributed by atoms with Gasteiger partial charge in [-0.15, -0.1) is 11.3 Å². The largest absolute Gasteiger partial charge is 0.391 e. The average molecular weight is 315 g/mol. The molecule has 0 fully saturated rings. The van der Waals surface area contributed by atoms with Crippen LogP contribution in [0.15, 0.2) is 22.7 Å². The van der Waals surface area contributed by atoms with Gasteiger partial charge in [0.2, 0.25) is 10.0 Å². The lowest BCUT2D eigenvalue weighted by molar-refractivity contribution is 0.285. The summed E-state index contributed by atoms with van der Waals surface area (Å²) < 4.78 is 26.9. The van der Waals surface area contributed by atoms with Crippen molar-refractivity contribution in [3.05, 3.63) is 34.7 Å². The molecule has 0 aliphatic carbocycles. The van der Waals surface area contributed by atoms with Crippen molar-refractivity contribution in [3.8, 4) is 0 Å². The number of aromatic amines is 1. The molecule has 0 amide bonds. The van der Waals surface area contributed by atoms with E-state index < -0.39 is 10.0 Å². The van der Waals surface area contributed by atoms with E-state index in [0.29, 0.717) is 24.3 Å². The lowest BCUT2D eigenvalue weighted by Gasteiger charge is -2.03. The van der Waals surface area contributed by atoms with Crippen LogP contribution in [0.5, 0.6) is 0 Å². The summed E-state index contributed by atoms with van der Waals surface area (Å²) in [6.45, 7) is 2.01. The van der Waals surface area contributed by atoms with Crippen LogP contribution in [0.1, 0.15) is 22.7 Å². The maximum atomic E-state index is 12.1. The molecule has 0 aliphatic rings. The number of thiophene rings is 1. The zero-order chi connectivity index (χ0) is 14.6. The molecule has 0 aromatic carbocycles. The average Bonchev–Trinajstić information content (AvgIpc) is 3.04. The second kappa shape index (κ2) is 6.49. The highest BCUT2D eigenvalue weighted by Crippen LogP contribution is 2.25. The molecule has 0 aliphatic heterocycles. The van der Waals surface area contributed by atoms with Gasteiger partial charge in [-0.25, -0.2) is 18.1 Å². The number of aryl methyl sites for hydroxylation is 2. The number of sulfonamides is 1. The number of aliphatic hydroxyl groups is 1. The van der Waals surface area contributed by atoms with E-state index in [2.05, 4.69) is 14.7 Å². The van der Waals surface area contributed by atoms with Crippen LogP contribution in [0.25, 0.3) is 0 Å². The van der Waals surface area contributed by atoms with Gasteiger partial charge in [0.15, 0.2) is 0 Å². The molecule has 3 N–H and O–H groups in total. The zero-order valence-corrected chi connectivity index (χ0v) is 12.7. The van der Waals surface area contributed by atoms with Crippen molar-refractivity contribution in [2.24, 2.45) is 0 Å². The molecule has 6 nitrogen and oxygen atoms in total. The maximum Gasteiger partial charge on any atom is 0.250 e. The highest BCUT2D eigenvalue weighted by atomic mass is 32.2. The third-order valence-electron chi connectivity index (χ3n) is 2.84. The summed E-state index contributed by atoms with van der Waals surface area (Å²) >= 11 is 1.10. The molecule has 0 saturated carbocycles. The predicted octanol–water partition coefficient (Wildman–Crippen LogP) is 1.18. The van der Waals surface area contributed by atoms with E-state index in [1.54, 1.807) is 25.4 Å². The van der Waals surface area contributed by atoms with Crippen LogP contribution in [0, 0.1) is 6.92 Å². The van der Waals surface area contributed by atoms with Gasteiger partial charge in [0.25, 0.3) is 0 Å². The third-order valence-corrected chi connectivity index (χ3v) is 6.00. The quantitative estimate of drug-likeness (QED) is 0.669. The summed E-state index contributed by atoms with van der Waals surface area (Å²) in [6.07, 6.45) is 4.78.